The fourth-order valence-corrected chi connectivity index (χ4v) is 4.09. The number of hydrogen-bond donors (Lipinski definition) is 3. The van der Waals surface area contributed by atoms with E-state index in [0.717, 1.165) is 57.9 Å². The van der Waals surface area contributed by atoms with E-state index in [1.165, 1.54) is 0 Å². The van der Waals surface area contributed by atoms with E-state index in [9.17, 15) is 9.90 Å². The van der Waals surface area contributed by atoms with Crippen molar-refractivity contribution in [3.63, 3.8) is 0 Å². The zero-order valence-electron chi connectivity index (χ0n) is 17.3. The van der Waals surface area contributed by atoms with Gasteiger partial charge in [-0.25, -0.2) is 0 Å². The van der Waals surface area contributed by atoms with Gasteiger partial charge in [0, 0.05) is 33.6 Å². The van der Waals surface area contributed by atoms with Crippen molar-refractivity contribution < 1.29 is 24.5 Å². The van der Waals surface area contributed by atoms with E-state index >= 15 is 0 Å². The summed E-state index contributed by atoms with van der Waals surface area (Å²) in [5.41, 5.74) is -0.383. The van der Waals surface area contributed by atoms with Gasteiger partial charge in [0.25, 0.3) is 0 Å². The summed E-state index contributed by atoms with van der Waals surface area (Å²) in [6, 6.07) is 0. The van der Waals surface area contributed by atoms with Crippen LogP contribution in [0.3, 0.4) is 0 Å². The molecular formula is C21H39NO5. The molecule has 1 fully saturated rings. The number of hydrogen-bond acceptors (Lipinski definition) is 5. The van der Waals surface area contributed by atoms with Crippen LogP contribution in [0.1, 0.15) is 77.6 Å². The predicted octanol–water partition coefficient (Wildman–Crippen LogP) is 3.63. The average molecular weight is 386 g/mol. The van der Waals surface area contributed by atoms with Crippen LogP contribution in [0.25, 0.3) is 0 Å². The molecule has 0 saturated carbocycles. The third-order valence-corrected chi connectivity index (χ3v) is 5.75. The molecule has 3 N–H and O–H groups in total. The number of allylic oxidation sites excluding steroid dienone is 1. The Kier molecular flexibility index (Phi) is 11.1. The second kappa shape index (κ2) is 12.5. The van der Waals surface area contributed by atoms with Crippen LogP contribution >= 0.6 is 0 Å². The van der Waals surface area contributed by atoms with E-state index in [-0.39, 0.29) is 18.1 Å². The Morgan fingerprint density at radius 2 is 1.93 bits per heavy atom. The van der Waals surface area contributed by atoms with Gasteiger partial charge in [-0.3, -0.25) is 4.79 Å². The third-order valence-electron chi connectivity index (χ3n) is 5.75. The summed E-state index contributed by atoms with van der Waals surface area (Å²) in [5.74, 6) is -1.46. The van der Waals surface area contributed by atoms with Gasteiger partial charge in [0.2, 0.25) is 0 Å². The average Bonchev–Trinajstić information content (AvgIpc) is 3.02. The molecule has 1 saturated heterocycles. The van der Waals surface area contributed by atoms with Gasteiger partial charge in [0.05, 0.1) is 11.6 Å². The Labute approximate surface area is 164 Å². The van der Waals surface area contributed by atoms with Gasteiger partial charge >= 0.3 is 5.97 Å². The quantitative estimate of drug-likeness (QED) is 0.227. The highest BCUT2D eigenvalue weighted by molar-refractivity contribution is 5.66. The highest BCUT2D eigenvalue weighted by Gasteiger charge is 2.55. The maximum atomic E-state index is 10.6. The summed E-state index contributed by atoms with van der Waals surface area (Å²) >= 11 is 0. The summed E-state index contributed by atoms with van der Waals surface area (Å²) < 4.78 is 11.7. The zero-order valence-corrected chi connectivity index (χ0v) is 17.3. The van der Waals surface area contributed by atoms with Crippen molar-refractivity contribution in [2.75, 3.05) is 20.8 Å². The van der Waals surface area contributed by atoms with Gasteiger partial charge in [0.1, 0.15) is 0 Å². The van der Waals surface area contributed by atoms with Crippen molar-refractivity contribution >= 4 is 5.97 Å². The number of rotatable bonds is 15. The van der Waals surface area contributed by atoms with Crippen LogP contribution in [0.5, 0.6) is 0 Å². The van der Waals surface area contributed by atoms with Gasteiger partial charge in [-0.1, -0.05) is 38.3 Å². The molecule has 0 aromatic heterocycles. The first-order valence-electron chi connectivity index (χ1n) is 10.4. The summed E-state index contributed by atoms with van der Waals surface area (Å²) in [6.45, 7) is 2.97. The van der Waals surface area contributed by atoms with Gasteiger partial charge < -0.3 is 25.0 Å². The Hall–Kier alpha value is -0.950. The van der Waals surface area contributed by atoms with E-state index < -0.39 is 11.8 Å². The highest BCUT2D eigenvalue weighted by Crippen LogP contribution is 2.41. The van der Waals surface area contributed by atoms with Crippen molar-refractivity contribution in [2.24, 2.45) is 0 Å². The molecule has 0 radical (unpaired) electrons. The number of aliphatic hydroxyl groups excluding tert-OH is 1. The Morgan fingerprint density at radius 3 is 2.56 bits per heavy atom. The molecule has 6 heteroatoms. The molecule has 0 aromatic rings. The lowest BCUT2D eigenvalue weighted by atomic mass is 9.81. The van der Waals surface area contributed by atoms with Crippen molar-refractivity contribution in [1.82, 2.24) is 5.32 Å². The minimum absolute atomic E-state index is 0.192. The first-order valence-corrected chi connectivity index (χ1v) is 10.4. The molecule has 27 heavy (non-hydrogen) atoms. The van der Waals surface area contributed by atoms with Crippen molar-refractivity contribution in [1.29, 1.82) is 0 Å². The first kappa shape index (κ1) is 24.1. The smallest absolute Gasteiger partial charge is 0.303 e. The van der Waals surface area contributed by atoms with Crippen LogP contribution in [0.15, 0.2) is 12.2 Å². The SMILES string of the molecule is CCCCCC(O)CC[C@@]1(C/C=C\CCCC(=O)O)NCCC1(OC)OC. The van der Waals surface area contributed by atoms with E-state index in [4.69, 9.17) is 14.6 Å². The summed E-state index contributed by atoms with van der Waals surface area (Å²) in [5, 5.41) is 22.7. The molecule has 1 unspecified atom stereocenters. The standard InChI is InChI=1S/C21H39NO5/c1-4-5-8-11-18(23)13-15-20(14-10-7-6-9-12-19(24)25)21(26-2,27-3)16-17-22-20/h7,10,18,22-23H,4-6,8-9,11-17H2,1-3H3,(H,24,25)/b10-7-/t18?,20-/m1/s1. The zero-order chi connectivity index (χ0) is 20.2. The lowest BCUT2D eigenvalue weighted by Crippen LogP contribution is -2.58. The molecule has 158 valence electrons. The Morgan fingerprint density at radius 1 is 1.19 bits per heavy atom. The van der Waals surface area contributed by atoms with Gasteiger partial charge in [-0.2, -0.15) is 0 Å². The number of carboxylic acid groups (broad SMARTS) is 1. The van der Waals surface area contributed by atoms with Crippen LogP contribution in [-0.2, 0) is 14.3 Å². The maximum absolute atomic E-state index is 10.6. The molecule has 1 aliphatic rings. The number of aliphatic hydroxyl groups is 1. The summed E-state index contributed by atoms with van der Waals surface area (Å²) in [4.78, 5) is 10.6. The number of nitrogens with one attached hydrogen (secondary N) is 1. The molecule has 0 aromatic carbocycles. The second-order valence-electron chi connectivity index (χ2n) is 7.57. The molecule has 6 nitrogen and oxygen atoms in total. The Balaban J connectivity index is 2.70. The fourth-order valence-electron chi connectivity index (χ4n) is 4.09. The second-order valence-corrected chi connectivity index (χ2v) is 7.57. The van der Waals surface area contributed by atoms with Crippen LogP contribution in [0.4, 0.5) is 0 Å². The number of methoxy groups -OCH3 is 2. The van der Waals surface area contributed by atoms with Crippen molar-refractivity contribution in [3.8, 4) is 0 Å². The minimum Gasteiger partial charge on any atom is -0.481 e. The van der Waals surface area contributed by atoms with Crippen LogP contribution in [0, 0.1) is 0 Å². The first-order chi connectivity index (χ1) is 12.9. The molecule has 1 rings (SSSR count). The van der Waals surface area contributed by atoms with Crippen molar-refractivity contribution in [2.45, 2.75) is 95.0 Å². The molecule has 1 heterocycles. The van der Waals surface area contributed by atoms with Crippen LogP contribution < -0.4 is 5.32 Å². The molecule has 1 aliphatic heterocycles. The molecule has 0 aliphatic carbocycles. The van der Waals surface area contributed by atoms with Gasteiger partial charge in [0.15, 0.2) is 5.79 Å². The Bertz CT molecular complexity index is 450. The summed E-state index contributed by atoms with van der Waals surface area (Å²) in [7, 11) is 3.36. The van der Waals surface area contributed by atoms with Gasteiger partial charge in [-0.05, 0) is 38.5 Å². The van der Waals surface area contributed by atoms with E-state index in [1.54, 1.807) is 14.2 Å². The topological polar surface area (TPSA) is 88.0 Å². The fraction of sp³-hybridized carbons (Fsp3) is 0.857. The predicted molar refractivity (Wildman–Crippen MR) is 107 cm³/mol. The molecule has 0 spiro atoms. The van der Waals surface area contributed by atoms with Crippen LogP contribution in [0.2, 0.25) is 0 Å². The monoisotopic (exact) mass is 385 g/mol. The number of carbonyl (C=O) groups is 1. The normalized spacial score (nSPS) is 23.1. The highest BCUT2D eigenvalue weighted by atomic mass is 16.7. The molecular weight excluding hydrogens is 346 g/mol. The molecule has 2 atom stereocenters. The maximum Gasteiger partial charge on any atom is 0.303 e. The lowest BCUT2D eigenvalue weighted by molar-refractivity contribution is -0.240. The van der Waals surface area contributed by atoms with E-state index in [0.29, 0.717) is 12.8 Å². The number of aliphatic carboxylic acids is 1. The minimum atomic E-state index is -0.757. The third kappa shape index (κ3) is 7.18. The van der Waals surface area contributed by atoms with E-state index in [1.807, 2.05) is 6.08 Å². The van der Waals surface area contributed by atoms with E-state index in [2.05, 4.69) is 18.3 Å². The molecule has 0 amide bonds. The number of ether oxygens (including phenoxy) is 2. The van der Waals surface area contributed by atoms with Gasteiger partial charge in [-0.15, -0.1) is 0 Å². The number of unbranched alkanes of at least 4 members (excludes halogenated alkanes) is 3. The number of carboxylic acids is 1. The summed E-state index contributed by atoms with van der Waals surface area (Å²) in [6.07, 6.45) is 12.6. The van der Waals surface area contributed by atoms with Crippen molar-refractivity contribution in [3.05, 3.63) is 12.2 Å². The molecule has 0 bridgehead atoms. The van der Waals surface area contributed by atoms with Crippen LogP contribution in [-0.4, -0.2) is 54.4 Å². The lowest BCUT2D eigenvalue weighted by Gasteiger charge is -2.43. The largest absolute Gasteiger partial charge is 0.481 e.